The molecule has 0 bridgehead atoms. The summed E-state index contributed by atoms with van der Waals surface area (Å²) in [5.41, 5.74) is 0.341. The average molecular weight is 290 g/mol. The number of benzene rings is 1. The van der Waals surface area contributed by atoms with E-state index in [0.29, 0.717) is 15.9 Å². The van der Waals surface area contributed by atoms with Crippen LogP contribution in [0.2, 0.25) is 0 Å². The van der Waals surface area contributed by atoms with Gasteiger partial charge in [0.1, 0.15) is 16.6 Å². The smallest absolute Gasteiger partial charge is 0.136 e. The van der Waals surface area contributed by atoms with E-state index in [-0.39, 0.29) is 0 Å². The molecule has 15 heavy (non-hydrogen) atoms. The number of rotatable bonds is 2. The average Bonchev–Trinajstić information content (AvgIpc) is 2.66. The molecule has 0 N–H and O–H groups in total. The Kier molecular flexibility index (Phi) is 3.11. The molecule has 2 rings (SSSR count). The lowest BCUT2D eigenvalue weighted by Crippen LogP contribution is -1.84. The third-order valence-corrected chi connectivity index (χ3v) is 3.85. The zero-order valence-electron chi connectivity index (χ0n) is 7.51. The maximum absolute atomic E-state index is 13.4. The van der Waals surface area contributed by atoms with Crippen molar-refractivity contribution in [3.05, 3.63) is 40.9 Å². The summed E-state index contributed by atoms with van der Waals surface area (Å²) in [6.45, 7) is 0. The minimum atomic E-state index is -0.578. The van der Waals surface area contributed by atoms with Gasteiger partial charge in [-0.3, -0.25) is 0 Å². The number of thiazole rings is 1. The number of hydrogen-bond donors (Lipinski definition) is 0. The molecule has 2 aromatic rings. The molecule has 0 spiro atoms. The molecule has 1 heterocycles. The minimum Gasteiger partial charge on any atom is -0.244 e. The highest BCUT2D eigenvalue weighted by atomic mass is 79.9. The van der Waals surface area contributed by atoms with Gasteiger partial charge in [-0.25, -0.2) is 13.8 Å². The molecule has 1 aromatic carbocycles. The molecule has 0 saturated heterocycles. The highest BCUT2D eigenvalue weighted by Gasteiger charge is 2.09. The van der Waals surface area contributed by atoms with Crippen LogP contribution < -0.4 is 0 Å². The highest BCUT2D eigenvalue weighted by molar-refractivity contribution is 9.08. The molecule has 0 saturated carbocycles. The van der Waals surface area contributed by atoms with Crippen LogP contribution in [0.15, 0.2) is 24.4 Å². The normalized spacial score (nSPS) is 10.6. The van der Waals surface area contributed by atoms with Crippen molar-refractivity contribution in [3.63, 3.8) is 0 Å². The van der Waals surface area contributed by atoms with Crippen LogP contribution in [0.25, 0.3) is 10.6 Å². The van der Waals surface area contributed by atoms with E-state index < -0.39 is 11.6 Å². The summed E-state index contributed by atoms with van der Waals surface area (Å²) >= 11 is 4.68. The SMILES string of the molecule is Fc1ccc(-c2ncc(CBr)s2)c(F)c1. The summed E-state index contributed by atoms with van der Waals surface area (Å²) < 4.78 is 26.0. The van der Waals surface area contributed by atoms with Gasteiger partial charge in [-0.05, 0) is 12.1 Å². The molecule has 0 fully saturated rings. The third kappa shape index (κ3) is 2.23. The Bertz CT molecular complexity index is 484. The molecule has 0 aliphatic rings. The maximum atomic E-state index is 13.4. The summed E-state index contributed by atoms with van der Waals surface area (Å²) in [5.74, 6) is -1.15. The first kappa shape index (κ1) is 10.7. The van der Waals surface area contributed by atoms with Crippen LogP contribution in [0.4, 0.5) is 8.78 Å². The van der Waals surface area contributed by atoms with E-state index in [1.54, 1.807) is 6.20 Å². The first-order valence-electron chi connectivity index (χ1n) is 4.17. The van der Waals surface area contributed by atoms with Crippen LogP contribution in [0, 0.1) is 11.6 Å². The molecule has 0 unspecified atom stereocenters. The van der Waals surface area contributed by atoms with Crippen molar-refractivity contribution in [2.75, 3.05) is 0 Å². The number of halogens is 3. The molecular formula is C10H6BrF2NS. The number of aromatic nitrogens is 1. The lowest BCUT2D eigenvalue weighted by molar-refractivity contribution is 0.585. The van der Waals surface area contributed by atoms with Crippen LogP contribution in [-0.4, -0.2) is 4.98 Å². The van der Waals surface area contributed by atoms with Crippen LogP contribution in [0.3, 0.4) is 0 Å². The fraction of sp³-hybridized carbons (Fsp3) is 0.100. The quantitative estimate of drug-likeness (QED) is 0.762. The van der Waals surface area contributed by atoms with E-state index in [1.165, 1.54) is 23.5 Å². The molecule has 5 heteroatoms. The topological polar surface area (TPSA) is 12.9 Å². The summed E-state index contributed by atoms with van der Waals surface area (Å²) in [4.78, 5) is 5.08. The van der Waals surface area contributed by atoms with Gasteiger partial charge in [-0.1, -0.05) is 15.9 Å². The van der Waals surface area contributed by atoms with Gasteiger partial charge in [-0.2, -0.15) is 0 Å². The number of alkyl halides is 1. The Balaban J connectivity index is 2.44. The molecule has 1 aromatic heterocycles. The first-order valence-corrected chi connectivity index (χ1v) is 6.10. The van der Waals surface area contributed by atoms with E-state index in [2.05, 4.69) is 20.9 Å². The second kappa shape index (κ2) is 4.37. The molecule has 0 aliphatic carbocycles. The molecule has 0 atom stereocenters. The molecular weight excluding hydrogens is 284 g/mol. The lowest BCUT2D eigenvalue weighted by atomic mass is 10.2. The minimum absolute atomic E-state index is 0.341. The van der Waals surface area contributed by atoms with Gasteiger partial charge in [0.05, 0.1) is 0 Å². The van der Waals surface area contributed by atoms with Crippen molar-refractivity contribution >= 4 is 27.3 Å². The van der Waals surface area contributed by atoms with Gasteiger partial charge in [0.15, 0.2) is 0 Å². The number of nitrogens with zero attached hydrogens (tertiary/aromatic N) is 1. The molecule has 78 valence electrons. The zero-order chi connectivity index (χ0) is 10.8. The van der Waals surface area contributed by atoms with Crippen molar-refractivity contribution in [1.82, 2.24) is 4.98 Å². The monoisotopic (exact) mass is 289 g/mol. The van der Waals surface area contributed by atoms with Gasteiger partial charge in [-0.15, -0.1) is 11.3 Å². The first-order chi connectivity index (χ1) is 7.20. The fourth-order valence-electron chi connectivity index (χ4n) is 1.16. The second-order valence-corrected chi connectivity index (χ2v) is 4.57. The Morgan fingerprint density at radius 3 is 2.73 bits per heavy atom. The molecule has 0 radical (unpaired) electrons. The standard InChI is InChI=1S/C10H6BrF2NS/c11-4-7-5-14-10(15-7)8-2-1-6(12)3-9(8)13/h1-3,5H,4H2. The highest BCUT2D eigenvalue weighted by Crippen LogP contribution is 2.28. The molecule has 1 nitrogen and oxygen atoms in total. The van der Waals surface area contributed by atoms with Gasteiger partial charge >= 0.3 is 0 Å². The van der Waals surface area contributed by atoms with E-state index in [1.807, 2.05) is 0 Å². The van der Waals surface area contributed by atoms with E-state index in [4.69, 9.17) is 0 Å². The van der Waals surface area contributed by atoms with Crippen molar-refractivity contribution < 1.29 is 8.78 Å². The predicted molar refractivity (Wildman–Crippen MR) is 60.1 cm³/mol. The summed E-state index contributed by atoms with van der Waals surface area (Å²) in [6, 6.07) is 3.50. The van der Waals surface area contributed by atoms with Crippen molar-refractivity contribution in [2.24, 2.45) is 0 Å². The van der Waals surface area contributed by atoms with Crippen molar-refractivity contribution in [2.45, 2.75) is 5.33 Å². The van der Waals surface area contributed by atoms with Crippen LogP contribution in [0.5, 0.6) is 0 Å². The van der Waals surface area contributed by atoms with Gasteiger partial charge in [0.25, 0.3) is 0 Å². The van der Waals surface area contributed by atoms with Crippen molar-refractivity contribution in [3.8, 4) is 10.6 Å². The maximum Gasteiger partial charge on any atom is 0.136 e. The van der Waals surface area contributed by atoms with E-state index in [0.717, 1.165) is 10.9 Å². The zero-order valence-corrected chi connectivity index (χ0v) is 9.91. The van der Waals surface area contributed by atoms with Gasteiger partial charge < -0.3 is 0 Å². The largest absolute Gasteiger partial charge is 0.244 e. The summed E-state index contributed by atoms with van der Waals surface area (Å²) in [7, 11) is 0. The third-order valence-electron chi connectivity index (χ3n) is 1.85. The summed E-state index contributed by atoms with van der Waals surface area (Å²) in [5, 5.41) is 1.26. The van der Waals surface area contributed by atoms with Crippen LogP contribution in [-0.2, 0) is 5.33 Å². The van der Waals surface area contributed by atoms with E-state index >= 15 is 0 Å². The van der Waals surface area contributed by atoms with E-state index in [9.17, 15) is 8.78 Å². The fourth-order valence-corrected chi connectivity index (χ4v) is 2.43. The van der Waals surface area contributed by atoms with Gasteiger partial charge in [0, 0.05) is 28.0 Å². The second-order valence-electron chi connectivity index (χ2n) is 2.89. The molecule has 0 aliphatic heterocycles. The van der Waals surface area contributed by atoms with Gasteiger partial charge in [0.2, 0.25) is 0 Å². The Morgan fingerprint density at radius 1 is 1.33 bits per heavy atom. The number of hydrogen-bond acceptors (Lipinski definition) is 2. The Morgan fingerprint density at radius 2 is 2.13 bits per heavy atom. The lowest BCUT2D eigenvalue weighted by Gasteiger charge is -1.97. The summed E-state index contributed by atoms with van der Waals surface area (Å²) in [6.07, 6.45) is 1.68. The van der Waals surface area contributed by atoms with Crippen LogP contribution >= 0.6 is 27.3 Å². The molecule has 0 amide bonds. The Hall–Kier alpha value is -0.810. The van der Waals surface area contributed by atoms with Crippen LogP contribution in [0.1, 0.15) is 4.88 Å². The predicted octanol–water partition coefficient (Wildman–Crippen LogP) is 3.98. The van der Waals surface area contributed by atoms with Crippen molar-refractivity contribution in [1.29, 1.82) is 0 Å². The Labute approximate surface area is 97.9 Å².